The molecule has 1 heterocycles. The minimum Gasteiger partial charge on any atom is -0.399 e. The van der Waals surface area contributed by atoms with Crippen LogP contribution in [0.2, 0.25) is 0 Å². The second-order valence-electron chi connectivity index (χ2n) is 6.15. The normalized spacial score (nSPS) is 23.9. The number of nitrogen functional groups attached to an aromatic ring is 1. The predicted molar refractivity (Wildman–Crippen MR) is 83.9 cm³/mol. The van der Waals surface area contributed by atoms with Crippen LogP contribution in [0.3, 0.4) is 0 Å². The lowest BCUT2D eigenvalue weighted by molar-refractivity contribution is 0.153. The molecule has 0 spiro atoms. The van der Waals surface area contributed by atoms with Crippen molar-refractivity contribution in [3.63, 3.8) is 0 Å². The fraction of sp³-hybridized carbons (Fsp3) is 0.625. The van der Waals surface area contributed by atoms with Gasteiger partial charge in [0.1, 0.15) is 0 Å². The van der Waals surface area contributed by atoms with Crippen LogP contribution in [0.15, 0.2) is 18.2 Å². The average molecular weight is 274 g/mol. The van der Waals surface area contributed by atoms with E-state index in [1.165, 1.54) is 43.7 Å². The van der Waals surface area contributed by atoms with Gasteiger partial charge in [-0.25, -0.2) is 0 Å². The summed E-state index contributed by atoms with van der Waals surface area (Å²) >= 11 is 0. The second kappa shape index (κ2) is 6.12. The first kappa shape index (κ1) is 13.9. The summed E-state index contributed by atoms with van der Waals surface area (Å²) in [6, 6.07) is 6.89. The first-order valence-electron chi connectivity index (χ1n) is 7.75. The van der Waals surface area contributed by atoms with Gasteiger partial charge in [-0.15, -0.1) is 0 Å². The Morgan fingerprint density at radius 3 is 2.85 bits per heavy atom. The highest BCUT2D eigenvalue weighted by molar-refractivity contribution is 5.47. The molecule has 3 rings (SSSR count). The molecule has 1 aromatic carbocycles. The van der Waals surface area contributed by atoms with Crippen LogP contribution in [0.25, 0.3) is 0 Å². The summed E-state index contributed by atoms with van der Waals surface area (Å²) in [4.78, 5) is 4.97. The Bertz CT molecular complexity index is 452. The van der Waals surface area contributed by atoms with Crippen molar-refractivity contribution in [1.29, 1.82) is 0 Å². The molecule has 0 aromatic heterocycles. The molecule has 0 bridgehead atoms. The molecule has 3 N–H and O–H groups in total. The Balaban J connectivity index is 1.46. The topological polar surface area (TPSA) is 44.5 Å². The Labute approximate surface area is 121 Å². The Morgan fingerprint density at radius 1 is 1.25 bits per heavy atom. The van der Waals surface area contributed by atoms with Gasteiger partial charge in [0.05, 0.1) is 0 Å². The van der Waals surface area contributed by atoms with Crippen molar-refractivity contribution in [3.05, 3.63) is 29.3 Å². The number of likely N-dealkylation sites (N-methyl/N-ethyl adjacent to an activating group) is 1. The van der Waals surface area contributed by atoms with Gasteiger partial charge < -0.3 is 16.0 Å². The molecular formula is C16H26N4. The van der Waals surface area contributed by atoms with Crippen LogP contribution >= 0.6 is 0 Å². The Hall–Kier alpha value is -1.10. The Kier molecular flexibility index (Phi) is 4.24. The molecule has 4 heteroatoms. The van der Waals surface area contributed by atoms with Gasteiger partial charge >= 0.3 is 0 Å². The number of nitrogens with one attached hydrogen (secondary N) is 1. The van der Waals surface area contributed by atoms with E-state index in [0.29, 0.717) is 6.04 Å². The number of anilines is 1. The average Bonchev–Trinajstić information content (AvgIpc) is 2.83. The van der Waals surface area contributed by atoms with Gasteiger partial charge in [-0.1, -0.05) is 6.07 Å². The minimum atomic E-state index is 0.526. The van der Waals surface area contributed by atoms with Crippen LogP contribution in [0.1, 0.15) is 23.6 Å². The van der Waals surface area contributed by atoms with Crippen molar-refractivity contribution >= 4 is 5.69 Å². The number of hydrogen-bond donors (Lipinski definition) is 2. The largest absolute Gasteiger partial charge is 0.399 e. The standard InChI is InChI=1S/C16H26N4/c1-19-8-10-20(11-9-19)7-6-18-16-5-2-13-12-14(17)3-4-15(13)16/h3-4,12,16,18H,2,5-11,17H2,1H3. The highest BCUT2D eigenvalue weighted by Gasteiger charge is 2.22. The molecule has 1 aliphatic carbocycles. The molecule has 0 radical (unpaired) electrons. The van der Waals surface area contributed by atoms with Crippen molar-refractivity contribution in [2.45, 2.75) is 18.9 Å². The lowest BCUT2D eigenvalue weighted by atomic mass is 10.1. The predicted octanol–water partition coefficient (Wildman–Crippen LogP) is 1.09. The molecule has 4 nitrogen and oxygen atoms in total. The quantitative estimate of drug-likeness (QED) is 0.807. The molecular weight excluding hydrogens is 248 g/mol. The smallest absolute Gasteiger partial charge is 0.0326 e. The van der Waals surface area contributed by atoms with Gasteiger partial charge in [0.25, 0.3) is 0 Å². The molecule has 1 atom stereocenters. The van der Waals surface area contributed by atoms with Gasteiger partial charge in [0, 0.05) is 51.0 Å². The van der Waals surface area contributed by atoms with Crippen LogP contribution in [0.4, 0.5) is 5.69 Å². The summed E-state index contributed by atoms with van der Waals surface area (Å²) in [5.41, 5.74) is 9.63. The summed E-state index contributed by atoms with van der Waals surface area (Å²) < 4.78 is 0. The van der Waals surface area contributed by atoms with Gasteiger partial charge in [0.2, 0.25) is 0 Å². The first-order valence-corrected chi connectivity index (χ1v) is 7.75. The van der Waals surface area contributed by atoms with Crippen molar-refractivity contribution < 1.29 is 0 Å². The minimum absolute atomic E-state index is 0.526. The number of fused-ring (bicyclic) bond motifs is 1. The van der Waals surface area contributed by atoms with Crippen LogP contribution in [0, 0.1) is 0 Å². The van der Waals surface area contributed by atoms with E-state index in [1.807, 2.05) is 6.07 Å². The van der Waals surface area contributed by atoms with E-state index < -0.39 is 0 Å². The van der Waals surface area contributed by atoms with E-state index in [0.717, 1.165) is 25.2 Å². The summed E-state index contributed by atoms with van der Waals surface area (Å²) in [5.74, 6) is 0. The van der Waals surface area contributed by atoms with Gasteiger partial charge in [-0.2, -0.15) is 0 Å². The lowest BCUT2D eigenvalue weighted by Gasteiger charge is -2.32. The maximum Gasteiger partial charge on any atom is 0.0326 e. The summed E-state index contributed by atoms with van der Waals surface area (Å²) in [5, 5.41) is 3.72. The molecule has 110 valence electrons. The number of hydrogen-bond acceptors (Lipinski definition) is 4. The van der Waals surface area contributed by atoms with Crippen molar-refractivity contribution in [2.24, 2.45) is 0 Å². The molecule has 20 heavy (non-hydrogen) atoms. The zero-order valence-electron chi connectivity index (χ0n) is 12.4. The van der Waals surface area contributed by atoms with Crippen LogP contribution in [-0.4, -0.2) is 56.1 Å². The lowest BCUT2D eigenvalue weighted by Crippen LogP contribution is -2.46. The van der Waals surface area contributed by atoms with Gasteiger partial charge in [-0.05, 0) is 43.1 Å². The molecule has 0 amide bonds. The van der Waals surface area contributed by atoms with Gasteiger partial charge in [-0.3, -0.25) is 4.90 Å². The molecule has 0 saturated carbocycles. The monoisotopic (exact) mass is 274 g/mol. The maximum atomic E-state index is 5.85. The third-order valence-electron chi connectivity index (χ3n) is 4.66. The van der Waals surface area contributed by atoms with Gasteiger partial charge in [0.15, 0.2) is 0 Å². The molecule has 1 saturated heterocycles. The third kappa shape index (κ3) is 3.14. The number of rotatable bonds is 4. The molecule has 1 aromatic rings. The molecule has 1 aliphatic heterocycles. The zero-order valence-corrected chi connectivity index (χ0v) is 12.4. The SMILES string of the molecule is CN1CCN(CCNC2CCc3cc(N)ccc32)CC1. The van der Waals surface area contributed by atoms with E-state index in [2.05, 4.69) is 34.3 Å². The maximum absolute atomic E-state index is 5.85. The fourth-order valence-electron chi connectivity index (χ4n) is 3.32. The number of nitrogens with zero attached hydrogens (tertiary/aromatic N) is 2. The number of benzene rings is 1. The highest BCUT2D eigenvalue weighted by Crippen LogP contribution is 2.32. The van der Waals surface area contributed by atoms with E-state index in [1.54, 1.807) is 0 Å². The molecule has 1 unspecified atom stereocenters. The summed E-state index contributed by atoms with van der Waals surface area (Å²) in [6.07, 6.45) is 2.37. The van der Waals surface area contributed by atoms with Crippen LogP contribution < -0.4 is 11.1 Å². The molecule has 2 aliphatic rings. The molecule has 1 fully saturated rings. The second-order valence-corrected chi connectivity index (χ2v) is 6.15. The van der Waals surface area contributed by atoms with Crippen molar-refractivity contribution in [1.82, 2.24) is 15.1 Å². The van der Waals surface area contributed by atoms with E-state index in [4.69, 9.17) is 5.73 Å². The van der Waals surface area contributed by atoms with Crippen LogP contribution in [-0.2, 0) is 6.42 Å². The number of aryl methyl sites for hydroxylation is 1. The first-order chi connectivity index (χ1) is 9.72. The van der Waals surface area contributed by atoms with Crippen molar-refractivity contribution in [3.8, 4) is 0 Å². The fourth-order valence-corrected chi connectivity index (χ4v) is 3.32. The zero-order chi connectivity index (χ0) is 13.9. The summed E-state index contributed by atoms with van der Waals surface area (Å²) in [6.45, 7) is 7.05. The number of nitrogens with two attached hydrogens (primary N) is 1. The number of piperazine rings is 1. The highest BCUT2D eigenvalue weighted by atomic mass is 15.2. The summed E-state index contributed by atoms with van der Waals surface area (Å²) in [7, 11) is 2.21. The van der Waals surface area contributed by atoms with E-state index in [-0.39, 0.29) is 0 Å². The van der Waals surface area contributed by atoms with E-state index >= 15 is 0 Å². The van der Waals surface area contributed by atoms with E-state index in [9.17, 15) is 0 Å². The third-order valence-corrected chi connectivity index (χ3v) is 4.66. The van der Waals surface area contributed by atoms with Crippen molar-refractivity contribution in [2.75, 3.05) is 52.0 Å². The Morgan fingerprint density at radius 2 is 2.05 bits per heavy atom. The van der Waals surface area contributed by atoms with Crippen LogP contribution in [0.5, 0.6) is 0 Å².